The van der Waals surface area contributed by atoms with Crippen LogP contribution in [0.2, 0.25) is 0 Å². The molecule has 0 bridgehead atoms. The van der Waals surface area contributed by atoms with Crippen LogP contribution >= 0.6 is 0 Å². The van der Waals surface area contributed by atoms with Crippen LogP contribution in [0.5, 0.6) is 0 Å². The SMILES string of the molecule is CCCCCCCCCCCCCCCCCCCC(=O)N[C@@H](CCC(=O)O)C(=O)OCCCCCCCCCCCC(C)C. The molecule has 0 heterocycles. The van der Waals surface area contributed by atoms with Gasteiger partial charge in [0.1, 0.15) is 6.04 Å². The van der Waals surface area contributed by atoms with E-state index >= 15 is 0 Å². The zero-order chi connectivity index (χ0) is 33.2. The van der Waals surface area contributed by atoms with Gasteiger partial charge >= 0.3 is 11.9 Å². The van der Waals surface area contributed by atoms with Gasteiger partial charge in [-0.2, -0.15) is 0 Å². The van der Waals surface area contributed by atoms with E-state index in [1.807, 2.05) is 0 Å². The predicted molar refractivity (Wildman–Crippen MR) is 190 cm³/mol. The fourth-order valence-electron chi connectivity index (χ4n) is 5.96. The van der Waals surface area contributed by atoms with Gasteiger partial charge in [0, 0.05) is 12.8 Å². The van der Waals surface area contributed by atoms with Crippen molar-refractivity contribution in [3.63, 3.8) is 0 Å². The van der Waals surface area contributed by atoms with Crippen LogP contribution in [-0.2, 0) is 19.1 Å². The van der Waals surface area contributed by atoms with Crippen LogP contribution in [0, 0.1) is 5.92 Å². The molecular weight excluding hydrogens is 562 g/mol. The third kappa shape index (κ3) is 33.6. The van der Waals surface area contributed by atoms with E-state index in [0.29, 0.717) is 13.0 Å². The monoisotopic (exact) mass is 638 g/mol. The van der Waals surface area contributed by atoms with E-state index in [0.717, 1.165) is 44.4 Å². The lowest BCUT2D eigenvalue weighted by atomic mass is 10.0. The summed E-state index contributed by atoms with van der Waals surface area (Å²) in [4.78, 5) is 36.2. The van der Waals surface area contributed by atoms with Gasteiger partial charge in [-0.3, -0.25) is 9.59 Å². The molecule has 0 aromatic heterocycles. The highest BCUT2D eigenvalue weighted by Crippen LogP contribution is 2.15. The first-order valence-electron chi connectivity index (χ1n) is 19.5. The minimum absolute atomic E-state index is 0.0656. The molecule has 0 radical (unpaired) electrons. The molecular formula is C39H75NO5. The quantitative estimate of drug-likeness (QED) is 0.0533. The Labute approximate surface area is 279 Å². The number of amides is 1. The number of ether oxygens (including phenoxy) is 1. The van der Waals surface area contributed by atoms with E-state index < -0.39 is 18.0 Å². The second kappa shape index (κ2) is 33.8. The van der Waals surface area contributed by atoms with Crippen LogP contribution in [0.15, 0.2) is 0 Å². The Morgan fingerprint density at radius 1 is 0.533 bits per heavy atom. The Hall–Kier alpha value is -1.59. The number of hydrogen-bond acceptors (Lipinski definition) is 4. The molecule has 0 aromatic carbocycles. The molecule has 0 fully saturated rings. The maximum atomic E-state index is 12.6. The molecule has 6 nitrogen and oxygen atoms in total. The van der Waals surface area contributed by atoms with E-state index in [9.17, 15) is 14.4 Å². The normalized spacial score (nSPS) is 12.0. The van der Waals surface area contributed by atoms with Crippen molar-refractivity contribution in [3.05, 3.63) is 0 Å². The Bertz CT molecular complexity index is 680. The highest BCUT2D eigenvalue weighted by molar-refractivity contribution is 5.84. The van der Waals surface area contributed by atoms with Crippen molar-refractivity contribution in [2.45, 2.75) is 219 Å². The van der Waals surface area contributed by atoms with Gasteiger partial charge in [0.2, 0.25) is 5.91 Å². The van der Waals surface area contributed by atoms with E-state index in [-0.39, 0.29) is 18.7 Å². The molecule has 0 aliphatic rings. The Balaban J connectivity index is 3.81. The molecule has 0 saturated heterocycles. The van der Waals surface area contributed by atoms with Gasteiger partial charge in [-0.25, -0.2) is 4.79 Å². The summed E-state index contributed by atoms with van der Waals surface area (Å²) in [5.41, 5.74) is 0. The molecule has 0 rings (SSSR count). The average Bonchev–Trinajstić information content (AvgIpc) is 3.00. The minimum Gasteiger partial charge on any atom is -0.481 e. The molecule has 0 saturated carbocycles. The van der Waals surface area contributed by atoms with E-state index in [1.165, 1.54) is 135 Å². The van der Waals surface area contributed by atoms with E-state index in [2.05, 4.69) is 26.1 Å². The van der Waals surface area contributed by atoms with Crippen LogP contribution < -0.4 is 5.32 Å². The van der Waals surface area contributed by atoms with Crippen LogP contribution in [0.4, 0.5) is 0 Å². The number of carbonyl (C=O) groups is 3. The van der Waals surface area contributed by atoms with Crippen molar-refractivity contribution < 1.29 is 24.2 Å². The van der Waals surface area contributed by atoms with Crippen molar-refractivity contribution in [2.75, 3.05) is 6.61 Å². The molecule has 266 valence electrons. The number of unbranched alkanes of at least 4 members (excludes halogenated alkanes) is 24. The lowest BCUT2D eigenvalue weighted by molar-refractivity contribution is -0.148. The summed E-state index contributed by atoms with van der Waals surface area (Å²) in [7, 11) is 0. The largest absolute Gasteiger partial charge is 0.481 e. The number of nitrogens with one attached hydrogen (secondary N) is 1. The molecule has 1 amide bonds. The van der Waals surface area contributed by atoms with Gasteiger partial charge in [-0.1, -0.05) is 181 Å². The van der Waals surface area contributed by atoms with Crippen molar-refractivity contribution >= 4 is 17.8 Å². The highest BCUT2D eigenvalue weighted by atomic mass is 16.5. The maximum absolute atomic E-state index is 12.6. The van der Waals surface area contributed by atoms with E-state index in [1.54, 1.807) is 0 Å². The zero-order valence-electron chi connectivity index (χ0n) is 30.2. The summed E-state index contributed by atoms with van der Waals surface area (Å²) in [6.45, 7) is 7.17. The van der Waals surface area contributed by atoms with Gasteiger partial charge in [0.25, 0.3) is 0 Å². The van der Waals surface area contributed by atoms with Crippen molar-refractivity contribution in [1.82, 2.24) is 5.32 Å². The second-order valence-electron chi connectivity index (χ2n) is 14.0. The number of esters is 1. The number of rotatable bonds is 35. The average molecular weight is 638 g/mol. The third-order valence-electron chi connectivity index (χ3n) is 8.94. The van der Waals surface area contributed by atoms with Gasteiger partial charge in [0.15, 0.2) is 0 Å². The van der Waals surface area contributed by atoms with E-state index in [4.69, 9.17) is 9.84 Å². The molecule has 0 spiro atoms. The van der Waals surface area contributed by atoms with Gasteiger partial charge in [-0.05, 0) is 25.2 Å². The van der Waals surface area contributed by atoms with Crippen molar-refractivity contribution in [3.8, 4) is 0 Å². The first kappa shape index (κ1) is 43.4. The molecule has 45 heavy (non-hydrogen) atoms. The minimum atomic E-state index is -0.977. The second-order valence-corrected chi connectivity index (χ2v) is 14.0. The Morgan fingerprint density at radius 2 is 0.933 bits per heavy atom. The summed E-state index contributed by atoms with van der Waals surface area (Å²) in [6.07, 6.45) is 34.3. The maximum Gasteiger partial charge on any atom is 0.328 e. The smallest absolute Gasteiger partial charge is 0.328 e. The van der Waals surface area contributed by atoms with Crippen molar-refractivity contribution in [1.29, 1.82) is 0 Å². The fourth-order valence-corrected chi connectivity index (χ4v) is 5.96. The first-order chi connectivity index (χ1) is 21.9. The molecule has 0 aliphatic carbocycles. The molecule has 0 unspecified atom stereocenters. The standard InChI is InChI=1S/C39H75NO5/c1-4-5-6-7-8-9-10-11-12-13-14-15-16-19-22-25-28-31-37(41)40-36(32-33-38(42)43)39(44)45-34-29-26-23-20-17-18-21-24-27-30-35(2)3/h35-36H,4-34H2,1-3H3,(H,40,41)(H,42,43)/t36-/m0/s1. The van der Waals surface area contributed by atoms with Crippen LogP contribution in [0.1, 0.15) is 213 Å². The Kier molecular flexibility index (Phi) is 32.6. The summed E-state index contributed by atoms with van der Waals surface area (Å²) < 4.78 is 5.42. The number of hydrogen-bond donors (Lipinski definition) is 2. The van der Waals surface area contributed by atoms with Crippen LogP contribution in [0.3, 0.4) is 0 Å². The summed E-state index contributed by atoms with van der Waals surface area (Å²) >= 11 is 0. The summed E-state index contributed by atoms with van der Waals surface area (Å²) in [5.74, 6) is -0.864. The lowest BCUT2D eigenvalue weighted by Gasteiger charge is -2.17. The first-order valence-corrected chi connectivity index (χ1v) is 19.5. The number of carboxylic acid groups (broad SMARTS) is 1. The zero-order valence-corrected chi connectivity index (χ0v) is 30.2. The summed E-state index contributed by atoms with van der Waals surface area (Å²) in [6, 6.07) is -0.880. The molecule has 2 N–H and O–H groups in total. The molecule has 6 heteroatoms. The van der Waals surface area contributed by atoms with Crippen LogP contribution in [-0.4, -0.2) is 35.6 Å². The third-order valence-corrected chi connectivity index (χ3v) is 8.94. The molecule has 1 atom stereocenters. The van der Waals surface area contributed by atoms with Gasteiger partial charge in [-0.15, -0.1) is 0 Å². The van der Waals surface area contributed by atoms with Gasteiger partial charge < -0.3 is 15.2 Å². The highest BCUT2D eigenvalue weighted by Gasteiger charge is 2.23. The van der Waals surface area contributed by atoms with Crippen LogP contribution in [0.25, 0.3) is 0 Å². The Morgan fingerprint density at radius 3 is 1.36 bits per heavy atom. The van der Waals surface area contributed by atoms with Crippen molar-refractivity contribution in [2.24, 2.45) is 5.92 Å². The number of aliphatic carboxylic acids is 1. The topological polar surface area (TPSA) is 92.7 Å². The lowest BCUT2D eigenvalue weighted by Crippen LogP contribution is -2.42. The predicted octanol–water partition coefficient (Wildman–Crippen LogP) is 11.5. The fraction of sp³-hybridized carbons (Fsp3) is 0.923. The number of carbonyl (C=O) groups excluding carboxylic acids is 2. The summed E-state index contributed by atoms with van der Waals surface area (Å²) in [5, 5.41) is 11.8. The number of carboxylic acids is 1. The molecule has 0 aromatic rings. The molecule has 0 aliphatic heterocycles. The van der Waals surface area contributed by atoms with Gasteiger partial charge in [0.05, 0.1) is 6.61 Å².